The molecule has 0 aliphatic rings. The van der Waals surface area contributed by atoms with E-state index in [9.17, 15) is 4.39 Å². The van der Waals surface area contributed by atoms with Gasteiger partial charge in [0.15, 0.2) is 0 Å². The van der Waals surface area contributed by atoms with Crippen LogP contribution in [0.2, 0.25) is 0 Å². The highest BCUT2D eigenvalue weighted by Gasteiger charge is 2.07. The van der Waals surface area contributed by atoms with Gasteiger partial charge in [-0.05, 0) is 65.4 Å². The fraction of sp³-hybridized carbons (Fsp3) is 0.154. The Hall–Kier alpha value is -1.17. The van der Waals surface area contributed by atoms with Gasteiger partial charge in [-0.1, -0.05) is 0 Å². The Kier molecular flexibility index (Phi) is 3.93. The molecule has 0 fully saturated rings. The molecule has 88 valence electrons. The molecule has 17 heavy (non-hydrogen) atoms. The van der Waals surface area contributed by atoms with Crippen LogP contribution in [0.15, 0.2) is 42.7 Å². The van der Waals surface area contributed by atoms with E-state index in [1.54, 1.807) is 18.5 Å². The van der Waals surface area contributed by atoms with Crippen LogP contribution in [0.25, 0.3) is 0 Å². The van der Waals surface area contributed by atoms with E-state index >= 15 is 0 Å². The number of halogens is 2. The van der Waals surface area contributed by atoms with Crippen LogP contribution in [-0.4, -0.2) is 4.98 Å². The molecule has 0 amide bonds. The zero-order chi connectivity index (χ0) is 12.3. The minimum atomic E-state index is -0.212. The van der Waals surface area contributed by atoms with E-state index in [4.69, 9.17) is 0 Å². The average Bonchev–Trinajstić information content (AvgIpc) is 2.34. The van der Waals surface area contributed by atoms with E-state index in [0.29, 0.717) is 0 Å². The number of pyridine rings is 1. The number of aromatic nitrogens is 1. The lowest BCUT2D eigenvalue weighted by molar-refractivity contribution is 0.627. The molecule has 0 saturated carbocycles. The highest BCUT2D eigenvalue weighted by Crippen LogP contribution is 2.24. The van der Waals surface area contributed by atoms with E-state index < -0.39 is 0 Å². The Balaban J connectivity index is 2.16. The van der Waals surface area contributed by atoms with Crippen LogP contribution in [0.4, 0.5) is 10.1 Å². The third-order valence-corrected chi connectivity index (χ3v) is 3.40. The lowest BCUT2D eigenvalue weighted by atomic mass is 10.1. The second kappa shape index (κ2) is 5.44. The molecule has 1 aromatic carbocycles. The largest absolute Gasteiger partial charge is 0.378 e. The molecule has 0 bridgehead atoms. The van der Waals surface area contributed by atoms with Gasteiger partial charge in [0.1, 0.15) is 5.82 Å². The van der Waals surface area contributed by atoms with Crippen LogP contribution in [0.5, 0.6) is 0 Å². The number of hydrogen-bond acceptors (Lipinski definition) is 2. The highest BCUT2D eigenvalue weighted by molar-refractivity contribution is 14.1. The van der Waals surface area contributed by atoms with E-state index in [-0.39, 0.29) is 11.9 Å². The zero-order valence-corrected chi connectivity index (χ0v) is 11.5. The van der Waals surface area contributed by atoms with Crippen LogP contribution in [-0.2, 0) is 0 Å². The van der Waals surface area contributed by atoms with Crippen molar-refractivity contribution in [3.8, 4) is 0 Å². The third-order valence-electron chi connectivity index (χ3n) is 2.51. The molecule has 0 aliphatic carbocycles. The van der Waals surface area contributed by atoms with Crippen molar-refractivity contribution in [3.63, 3.8) is 0 Å². The summed E-state index contributed by atoms with van der Waals surface area (Å²) in [5, 5.41) is 3.35. The first-order valence-corrected chi connectivity index (χ1v) is 6.36. The summed E-state index contributed by atoms with van der Waals surface area (Å²) in [6.45, 7) is 2.06. The van der Waals surface area contributed by atoms with Crippen molar-refractivity contribution in [2.75, 3.05) is 5.32 Å². The molecule has 4 heteroatoms. The molecule has 0 radical (unpaired) electrons. The van der Waals surface area contributed by atoms with Gasteiger partial charge in [-0.2, -0.15) is 0 Å². The normalized spacial score (nSPS) is 12.2. The van der Waals surface area contributed by atoms with Crippen LogP contribution in [0, 0.1) is 9.39 Å². The molecule has 1 heterocycles. The fourth-order valence-corrected chi connectivity index (χ4v) is 2.21. The Labute approximate surface area is 113 Å². The molecule has 0 spiro atoms. The monoisotopic (exact) mass is 342 g/mol. The van der Waals surface area contributed by atoms with E-state index in [0.717, 1.165) is 14.8 Å². The van der Waals surface area contributed by atoms with E-state index in [1.165, 1.54) is 12.1 Å². The van der Waals surface area contributed by atoms with Gasteiger partial charge in [0.25, 0.3) is 0 Å². The Morgan fingerprint density at radius 3 is 2.59 bits per heavy atom. The fourth-order valence-electron chi connectivity index (χ4n) is 1.58. The van der Waals surface area contributed by atoms with Crippen molar-refractivity contribution in [1.29, 1.82) is 0 Å². The van der Waals surface area contributed by atoms with Gasteiger partial charge in [-0.3, -0.25) is 4.98 Å². The van der Waals surface area contributed by atoms with Gasteiger partial charge in [0.2, 0.25) is 0 Å². The zero-order valence-electron chi connectivity index (χ0n) is 9.32. The summed E-state index contributed by atoms with van der Waals surface area (Å²) in [6, 6.07) is 8.83. The SMILES string of the molecule is CC(Nc1ccc(F)cc1I)c1ccncc1. The van der Waals surface area contributed by atoms with Crippen molar-refractivity contribution < 1.29 is 4.39 Å². The predicted molar refractivity (Wildman–Crippen MR) is 75.4 cm³/mol. The Morgan fingerprint density at radius 1 is 1.24 bits per heavy atom. The van der Waals surface area contributed by atoms with E-state index in [1.807, 2.05) is 12.1 Å². The number of nitrogens with zero attached hydrogens (tertiary/aromatic N) is 1. The molecule has 0 saturated heterocycles. The number of rotatable bonds is 3. The van der Waals surface area contributed by atoms with Crippen LogP contribution < -0.4 is 5.32 Å². The summed E-state index contributed by atoms with van der Waals surface area (Å²) in [6.07, 6.45) is 3.53. The highest BCUT2D eigenvalue weighted by atomic mass is 127. The van der Waals surface area contributed by atoms with Crippen molar-refractivity contribution in [1.82, 2.24) is 4.98 Å². The van der Waals surface area contributed by atoms with Crippen molar-refractivity contribution in [2.24, 2.45) is 0 Å². The topological polar surface area (TPSA) is 24.9 Å². The molecule has 1 N–H and O–H groups in total. The molecular weight excluding hydrogens is 330 g/mol. The first kappa shape index (κ1) is 12.3. The van der Waals surface area contributed by atoms with Crippen molar-refractivity contribution >= 4 is 28.3 Å². The molecule has 2 nitrogen and oxygen atoms in total. The molecule has 1 aromatic heterocycles. The van der Waals surface area contributed by atoms with Crippen molar-refractivity contribution in [3.05, 3.63) is 57.7 Å². The lowest BCUT2D eigenvalue weighted by Crippen LogP contribution is -2.07. The molecule has 2 rings (SSSR count). The number of nitrogens with one attached hydrogen (secondary N) is 1. The number of anilines is 1. The first-order valence-electron chi connectivity index (χ1n) is 5.28. The number of hydrogen-bond donors (Lipinski definition) is 1. The molecule has 1 atom stereocenters. The van der Waals surface area contributed by atoms with Gasteiger partial charge in [0.05, 0.1) is 0 Å². The Morgan fingerprint density at radius 2 is 1.94 bits per heavy atom. The summed E-state index contributed by atoms with van der Waals surface area (Å²) in [5.74, 6) is -0.212. The van der Waals surface area contributed by atoms with Gasteiger partial charge >= 0.3 is 0 Å². The summed E-state index contributed by atoms with van der Waals surface area (Å²) >= 11 is 2.12. The maximum atomic E-state index is 13.0. The van der Waals surface area contributed by atoms with Crippen molar-refractivity contribution in [2.45, 2.75) is 13.0 Å². The van der Waals surface area contributed by atoms with Crippen LogP contribution in [0.3, 0.4) is 0 Å². The van der Waals surface area contributed by atoms with E-state index in [2.05, 4.69) is 39.8 Å². The predicted octanol–water partition coefficient (Wildman–Crippen LogP) is 4.00. The Bertz CT molecular complexity index is 502. The van der Waals surface area contributed by atoms with Crippen LogP contribution >= 0.6 is 22.6 Å². The molecule has 1 unspecified atom stereocenters. The van der Waals surface area contributed by atoms with Gasteiger partial charge in [0, 0.05) is 27.7 Å². The average molecular weight is 342 g/mol. The molecular formula is C13H12FIN2. The molecule has 0 aliphatic heterocycles. The summed E-state index contributed by atoms with van der Waals surface area (Å²) in [7, 11) is 0. The minimum Gasteiger partial charge on any atom is -0.378 e. The smallest absolute Gasteiger partial charge is 0.124 e. The maximum absolute atomic E-state index is 13.0. The summed E-state index contributed by atoms with van der Waals surface area (Å²) in [5.41, 5.74) is 2.09. The summed E-state index contributed by atoms with van der Waals surface area (Å²) < 4.78 is 13.8. The maximum Gasteiger partial charge on any atom is 0.124 e. The third kappa shape index (κ3) is 3.15. The molecule has 2 aromatic rings. The standard InChI is InChI=1S/C13H12FIN2/c1-9(10-4-6-16-7-5-10)17-13-3-2-11(14)8-12(13)15/h2-9,17H,1H3. The first-order chi connectivity index (χ1) is 8.16. The van der Waals surface area contributed by atoms with Crippen LogP contribution in [0.1, 0.15) is 18.5 Å². The minimum absolute atomic E-state index is 0.164. The summed E-state index contributed by atoms with van der Waals surface area (Å²) in [4.78, 5) is 3.99. The van der Waals surface area contributed by atoms with Gasteiger partial charge in [-0.25, -0.2) is 4.39 Å². The lowest BCUT2D eigenvalue weighted by Gasteiger charge is -2.16. The van der Waals surface area contributed by atoms with Gasteiger partial charge in [-0.15, -0.1) is 0 Å². The van der Waals surface area contributed by atoms with Gasteiger partial charge < -0.3 is 5.32 Å². The second-order valence-corrected chi connectivity index (χ2v) is 4.93. The second-order valence-electron chi connectivity index (χ2n) is 3.77. The number of benzene rings is 1. The quantitative estimate of drug-likeness (QED) is 0.853.